The summed E-state index contributed by atoms with van der Waals surface area (Å²) in [4.78, 5) is 25.0. The van der Waals surface area contributed by atoms with Crippen LogP contribution < -0.4 is 0 Å². The molecule has 1 N–H and O–H groups in total. The Hall–Kier alpha value is -1.43. The molecule has 0 bridgehead atoms. The molecule has 1 aliphatic heterocycles. The van der Waals surface area contributed by atoms with Gasteiger partial charge in [-0.25, -0.2) is 4.39 Å². The van der Waals surface area contributed by atoms with E-state index in [2.05, 4.69) is 15.9 Å². The predicted octanol–water partition coefficient (Wildman–Crippen LogP) is 3.45. The lowest BCUT2D eigenvalue weighted by Gasteiger charge is -2.35. The number of piperidine rings is 1. The number of carbonyl (C=O) groups is 2. The standard InChI is InChI=1S/C15H17BrFNO3/c16-11-7-10(8-12(17)9-11)15(21)18-6-2-1-3-13(18)4-5-14(19)20/h7-9,13H,1-6H2,(H,19,20). The van der Waals surface area contributed by atoms with Gasteiger partial charge in [0.05, 0.1) is 0 Å². The molecule has 1 aromatic carbocycles. The van der Waals surface area contributed by atoms with Gasteiger partial charge in [-0.05, 0) is 43.9 Å². The zero-order valence-corrected chi connectivity index (χ0v) is 13.1. The third-order valence-electron chi connectivity index (χ3n) is 3.69. The minimum absolute atomic E-state index is 0.0429. The first-order chi connectivity index (χ1) is 9.97. The number of aliphatic carboxylic acids is 1. The lowest BCUT2D eigenvalue weighted by Crippen LogP contribution is -2.44. The van der Waals surface area contributed by atoms with Gasteiger partial charge in [0.2, 0.25) is 0 Å². The fourth-order valence-electron chi connectivity index (χ4n) is 2.70. The molecule has 1 unspecified atom stereocenters. The maximum atomic E-state index is 13.4. The Labute approximate surface area is 131 Å². The molecule has 0 aromatic heterocycles. The number of benzene rings is 1. The Morgan fingerprint density at radius 3 is 2.76 bits per heavy atom. The smallest absolute Gasteiger partial charge is 0.303 e. The summed E-state index contributed by atoms with van der Waals surface area (Å²) in [6.07, 6.45) is 3.17. The molecule has 114 valence electrons. The molecule has 0 spiro atoms. The van der Waals surface area contributed by atoms with Crippen LogP contribution in [0.3, 0.4) is 0 Å². The van der Waals surface area contributed by atoms with Gasteiger partial charge in [0.1, 0.15) is 5.82 Å². The van der Waals surface area contributed by atoms with Gasteiger partial charge in [0, 0.05) is 29.0 Å². The second-order valence-electron chi connectivity index (χ2n) is 5.24. The van der Waals surface area contributed by atoms with Crippen LogP contribution in [0.5, 0.6) is 0 Å². The van der Waals surface area contributed by atoms with Crippen LogP contribution in [0.25, 0.3) is 0 Å². The number of rotatable bonds is 4. The first-order valence-corrected chi connectivity index (χ1v) is 7.75. The van der Waals surface area contributed by atoms with E-state index >= 15 is 0 Å². The maximum absolute atomic E-state index is 13.4. The average molecular weight is 358 g/mol. The summed E-state index contributed by atoms with van der Waals surface area (Å²) in [5.74, 6) is -1.56. The van der Waals surface area contributed by atoms with Crippen LogP contribution in [-0.4, -0.2) is 34.5 Å². The Bertz CT molecular complexity index is 529. The summed E-state index contributed by atoms with van der Waals surface area (Å²) in [5.41, 5.74) is 0.295. The lowest BCUT2D eigenvalue weighted by atomic mass is 9.97. The number of amides is 1. The first-order valence-electron chi connectivity index (χ1n) is 6.96. The van der Waals surface area contributed by atoms with E-state index in [-0.39, 0.29) is 18.4 Å². The molecule has 6 heteroatoms. The summed E-state index contributed by atoms with van der Waals surface area (Å²) in [7, 11) is 0. The summed E-state index contributed by atoms with van der Waals surface area (Å²) in [5, 5.41) is 8.80. The molecule has 1 aromatic rings. The SMILES string of the molecule is O=C(O)CCC1CCCCN1C(=O)c1cc(F)cc(Br)c1. The molecule has 2 rings (SSSR count). The van der Waals surface area contributed by atoms with Crippen LogP contribution in [0, 0.1) is 5.82 Å². The van der Waals surface area contributed by atoms with Gasteiger partial charge in [0.25, 0.3) is 5.91 Å². The minimum Gasteiger partial charge on any atom is -0.481 e. The first kappa shape index (κ1) is 15.9. The Morgan fingerprint density at radius 1 is 1.33 bits per heavy atom. The minimum atomic E-state index is -0.860. The van der Waals surface area contributed by atoms with E-state index in [0.29, 0.717) is 23.0 Å². The van der Waals surface area contributed by atoms with E-state index in [0.717, 1.165) is 19.3 Å². The topological polar surface area (TPSA) is 57.6 Å². The number of nitrogens with zero attached hydrogens (tertiary/aromatic N) is 1. The van der Waals surface area contributed by atoms with Crippen LogP contribution in [-0.2, 0) is 4.79 Å². The number of likely N-dealkylation sites (tertiary alicyclic amines) is 1. The molecule has 1 amide bonds. The number of hydrogen-bond acceptors (Lipinski definition) is 2. The van der Waals surface area contributed by atoms with Gasteiger partial charge in [-0.1, -0.05) is 15.9 Å². The molecule has 1 heterocycles. The number of carboxylic acids is 1. The molecule has 1 atom stereocenters. The summed E-state index contributed by atoms with van der Waals surface area (Å²) < 4.78 is 13.9. The molecule has 1 aliphatic rings. The van der Waals surface area contributed by atoms with E-state index in [1.807, 2.05) is 0 Å². The van der Waals surface area contributed by atoms with Crippen molar-refractivity contribution in [2.45, 2.75) is 38.1 Å². The van der Waals surface area contributed by atoms with E-state index in [1.165, 1.54) is 12.1 Å². The van der Waals surface area contributed by atoms with Crippen molar-refractivity contribution in [3.63, 3.8) is 0 Å². The number of carboxylic acid groups (broad SMARTS) is 1. The fourth-order valence-corrected chi connectivity index (χ4v) is 3.17. The highest BCUT2D eigenvalue weighted by molar-refractivity contribution is 9.10. The summed E-state index contributed by atoms with van der Waals surface area (Å²) in [6, 6.07) is 4.03. The fraction of sp³-hybridized carbons (Fsp3) is 0.467. The summed E-state index contributed by atoms with van der Waals surface area (Å²) >= 11 is 3.18. The van der Waals surface area contributed by atoms with E-state index in [9.17, 15) is 14.0 Å². The van der Waals surface area contributed by atoms with Crippen molar-refractivity contribution in [3.05, 3.63) is 34.1 Å². The highest BCUT2D eigenvalue weighted by Gasteiger charge is 2.28. The lowest BCUT2D eigenvalue weighted by molar-refractivity contribution is -0.137. The van der Waals surface area contributed by atoms with E-state index in [4.69, 9.17) is 5.11 Å². The molecular weight excluding hydrogens is 341 g/mol. The van der Waals surface area contributed by atoms with Gasteiger partial charge in [-0.3, -0.25) is 9.59 Å². The Kier molecular flexibility index (Phi) is 5.33. The second kappa shape index (κ2) is 7.02. The summed E-state index contributed by atoms with van der Waals surface area (Å²) in [6.45, 7) is 0.594. The van der Waals surface area contributed by atoms with Crippen LogP contribution >= 0.6 is 15.9 Å². The number of carbonyl (C=O) groups excluding carboxylic acids is 1. The Balaban J connectivity index is 2.15. The zero-order valence-electron chi connectivity index (χ0n) is 11.5. The largest absolute Gasteiger partial charge is 0.481 e. The van der Waals surface area contributed by atoms with Gasteiger partial charge in [-0.2, -0.15) is 0 Å². The molecular formula is C15H17BrFNO3. The molecule has 1 saturated heterocycles. The van der Waals surface area contributed by atoms with Crippen molar-refractivity contribution < 1.29 is 19.1 Å². The third-order valence-corrected chi connectivity index (χ3v) is 4.15. The maximum Gasteiger partial charge on any atom is 0.303 e. The zero-order chi connectivity index (χ0) is 15.4. The van der Waals surface area contributed by atoms with Gasteiger partial charge in [-0.15, -0.1) is 0 Å². The van der Waals surface area contributed by atoms with Gasteiger partial charge in [0.15, 0.2) is 0 Å². The number of halogens is 2. The van der Waals surface area contributed by atoms with Gasteiger partial charge >= 0.3 is 5.97 Å². The highest BCUT2D eigenvalue weighted by Crippen LogP contribution is 2.24. The second-order valence-corrected chi connectivity index (χ2v) is 6.15. The third kappa shape index (κ3) is 4.27. The van der Waals surface area contributed by atoms with Crippen molar-refractivity contribution in [2.75, 3.05) is 6.54 Å². The molecule has 0 saturated carbocycles. The number of hydrogen-bond donors (Lipinski definition) is 1. The van der Waals surface area contributed by atoms with Crippen molar-refractivity contribution in [2.24, 2.45) is 0 Å². The van der Waals surface area contributed by atoms with Crippen molar-refractivity contribution in [1.29, 1.82) is 0 Å². The predicted molar refractivity (Wildman–Crippen MR) is 79.6 cm³/mol. The van der Waals surface area contributed by atoms with E-state index in [1.54, 1.807) is 11.0 Å². The van der Waals surface area contributed by atoms with Crippen LogP contribution in [0.2, 0.25) is 0 Å². The van der Waals surface area contributed by atoms with Gasteiger partial charge < -0.3 is 10.0 Å². The van der Waals surface area contributed by atoms with Crippen LogP contribution in [0.15, 0.2) is 22.7 Å². The van der Waals surface area contributed by atoms with Crippen LogP contribution in [0.4, 0.5) is 4.39 Å². The Morgan fingerprint density at radius 2 is 2.10 bits per heavy atom. The monoisotopic (exact) mass is 357 g/mol. The van der Waals surface area contributed by atoms with Crippen molar-refractivity contribution in [3.8, 4) is 0 Å². The van der Waals surface area contributed by atoms with Crippen molar-refractivity contribution in [1.82, 2.24) is 4.90 Å². The normalized spacial score (nSPS) is 18.6. The highest BCUT2D eigenvalue weighted by atomic mass is 79.9. The molecule has 0 aliphatic carbocycles. The average Bonchev–Trinajstić information content (AvgIpc) is 2.43. The quantitative estimate of drug-likeness (QED) is 0.897. The van der Waals surface area contributed by atoms with E-state index < -0.39 is 11.8 Å². The molecule has 0 radical (unpaired) electrons. The van der Waals surface area contributed by atoms with Crippen molar-refractivity contribution >= 4 is 27.8 Å². The molecule has 21 heavy (non-hydrogen) atoms. The van der Waals surface area contributed by atoms with Crippen LogP contribution in [0.1, 0.15) is 42.5 Å². The molecule has 1 fully saturated rings. The molecule has 4 nitrogen and oxygen atoms in total.